The summed E-state index contributed by atoms with van der Waals surface area (Å²) in [4.78, 5) is 34.6. The molecule has 1 aliphatic rings. The quantitative estimate of drug-likeness (QED) is 0.727. The smallest absolute Gasteiger partial charge is 0.271 e. The molecule has 0 radical (unpaired) electrons. The number of benzene rings is 1. The summed E-state index contributed by atoms with van der Waals surface area (Å²) in [6.07, 6.45) is 4.60. The Morgan fingerprint density at radius 1 is 1.19 bits per heavy atom. The zero-order chi connectivity index (χ0) is 18.6. The van der Waals surface area contributed by atoms with E-state index in [1.54, 1.807) is 6.07 Å². The molecule has 1 fully saturated rings. The molecule has 1 atom stereocenters. The van der Waals surface area contributed by atoms with Gasteiger partial charge in [0, 0.05) is 25.2 Å². The molecule has 8 heteroatoms. The van der Waals surface area contributed by atoms with Crippen molar-refractivity contribution >= 4 is 22.8 Å². The van der Waals surface area contributed by atoms with E-state index >= 15 is 0 Å². The lowest BCUT2D eigenvalue weighted by Crippen LogP contribution is -2.47. The van der Waals surface area contributed by atoms with Crippen molar-refractivity contribution in [3.05, 3.63) is 58.6 Å². The van der Waals surface area contributed by atoms with E-state index in [1.807, 2.05) is 24.3 Å². The van der Waals surface area contributed by atoms with Crippen molar-refractivity contribution in [3.63, 3.8) is 0 Å². The van der Waals surface area contributed by atoms with Gasteiger partial charge in [0.2, 0.25) is 0 Å². The zero-order valence-corrected chi connectivity index (χ0v) is 14.8. The average Bonchev–Trinajstić information content (AvgIpc) is 2.72. The Kier molecular flexibility index (Phi) is 4.78. The number of anilines is 1. The van der Waals surface area contributed by atoms with Gasteiger partial charge in [0.25, 0.3) is 11.5 Å². The molecule has 138 valence electrons. The van der Waals surface area contributed by atoms with Crippen molar-refractivity contribution in [1.82, 2.24) is 25.5 Å². The summed E-state index contributed by atoms with van der Waals surface area (Å²) < 4.78 is 0. The Hall–Kier alpha value is -3.29. The molecular formula is C19H20N6O2. The number of aromatic nitrogens is 4. The van der Waals surface area contributed by atoms with E-state index in [2.05, 4.69) is 30.4 Å². The second kappa shape index (κ2) is 7.53. The number of carbonyl (C=O) groups excluding carboxylic acids is 1. The van der Waals surface area contributed by atoms with Gasteiger partial charge in [-0.05, 0) is 37.5 Å². The maximum absolute atomic E-state index is 12.5. The van der Waals surface area contributed by atoms with Crippen molar-refractivity contribution in [3.8, 4) is 0 Å². The Bertz CT molecular complexity index is 998. The highest BCUT2D eigenvalue weighted by molar-refractivity contribution is 5.93. The lowest BCUT2D eigenvalue weighted by molar-refractivity contribution is 0.0944. The first-order valence-corrected chi connectivity index (χ1v) is 9.03. The summed E-state index contributed by atoms with van der Waals surface area (Å²) in [5.74, 6) is 0.479. The zero-order valence-electron chi connectivity index (χ0n) is 14.8. The fourth-order valence-electron chi connectivity index (χ4n) is 3.38. The Morgan fingerprint density at radius 3 is 2.85 bits per heavy atom. The van der Waals surface area contributed by atoms with E-state index < -0.39 is 0 Å². The number of amides is 1. The van der Waals surface area contributed by atoms with E-state index in [0.717, 1.165) is 37.1 Å². The largest absolute Gasteiger partial charge is 0.350 e. The lowest BCUT2D eigenvalue weighted by Gasteiger charge is -2.36. The number of hydrogen-bond donors (Lipinski definition) is 2. The number of carbonyl (C=O) groups is 1. The van der Waals surface area contributed by atoms with Gasteiger partial charge >= 0.3 is 0 Å². The molecule has 1 aliphatic heterocycles. The summed E-state index contributed by atoms with van der Waals surface area (Å²) in [6.45, 7) is 1.32. The van der Waals surface area contributed by atoms with Gasteiger partial charge in [0.15, 0.2) is 0 Å². The van der Waals surface area contributed by atoms with Gasteiger partial charge in [-0.25, -0.2) is 10.1 Å². The highest BCUT2D eigenvalue weighted by atomic mass is 16.2. The van der Waals surface area contributed by atoms with Gasteiger partial charge in [-0.1, -0.05) is 12.1 Å². The molecule has 27 heavy (non-hydrogen) atoms. The lowest BCUT2D eigenvalue weighted by atomic mass is 10.0. The molecule has 1 unspecified atom stereocenters. The minimum atomic E-state index is -0.242. The molecular weight excluding hydrogens is 344 g/mol. The SMILES string of the molecule is O=C(NCC1CCCCN1c1ccc(=O)[nH]n1)c1cnc2ccccc2n1. The number of aromatic amines is 1. The molecule has 0 aliphatic carbocycles. The fourth-order valence-corrected chi connectivity index (χ4v) is 3.38. The van der Waals surface area contributed by atoms with Gasteiger partial charge in [-0.15, -0.1) is 0 Å². The number of para-hydroxylation sites is 2. The minimum Gasteiger partial charge on any atom is -0.350 e. The second-order valence-electron chi connectivity index (χ2n) is 6.58. The van der Waals surface area contributed by atoms with Crippen LogP contribution in [0.2, 0.25) is 0 Å². The van der Waals surface area contributed by atoms with Crippen LogP contribution in [0.1, 0.15) is 29.8 Å². The van der Waals surface area contributed by atoms with Crippen LogP contribution in [0.15, 0.2) is 47.4 Å². The van der Waals surface area contributed by atoms with Crippen LogP contribution >= 0.6 is 0 Å². The van der Waals surface area contributed by atoms with Crippen LogP contribution in [0.25, 0.3) is 11.0 Å². The van der Waals surface area contributed by atoms with Crippen LogP contribution in [-0.2, 0) is 0 Å². The monoisotopic (exact) mass is 364 g/mol. The first-order chi connectivity index (χ1) is 13.2. The molecule has 1 aromatic carbocycles. The highest BCUT2D eigenvalue weighted by Crippen LogP contribution is 2.21. The molecule has 2 N–H and O–H groups in total. The molecule has 0 bridgehead atoms. The van der Waals surface area contributed by atoms with Crippen LogP contribution in [0.4, 0.5) is 5.82 Å². The van der Waals surface area contributed by atoms with E-state index in [0.29, 0.717) is 17.8 Å². The number of nitrogens with zero attached hydrogens (tertiary/aromatic N) is 4. The summed E-state index contributed by atoms with van der Waals surface area (Å²) in [6, 6.07) is 10.8. The van der Waals surface area contributed by atoms with Crippen LogP contribution < -0.4 is 15.8 Å². The summed E-state index contributed by atoms with van der Waals surface area (Å²) in [5.41, 5.74) is 1.53. The molecule has 1 saturated heterocycles. The number of H-pyrrole nitrogens is 1. The van der Waals surface area contributed by atoms with E-state index in [-0.39, 0.29) is 17.5 Å². The summed E-state index contributed by atoms with van der Waals surface area (Å²) in [7, 11) is 0. The van der Waals surface area contributed by atoms with Crippen molar-refractivity contribution in [2.24, 2.45) is 0 Å². The predicted molar refractivity (Wildman–Crippen MR) is 102 cm³/mol. The number of fused-ring (bicyclic) bond motifs is 1. The first-order valence-electron chi connectivity index (χ1n) is 9.03. The van der Waals surface area contributed by atoms with E-state index in [9.17, 15) is 9.59 Å². The highest BCUT2D eigenvalue weighted by Gasteiger charge is 2.24. The average molecular weight is 364 g/mol. The van der Waals surface area contributed by atoms with Crippen LogP contribution in [-0.4, -0.2) is 45.2 Å². The van der Waals surface area contributed by atoms with Crippen LogP contribution in [0.3, 0.4) is 0 Å². The predicted octanol–water partition coefficient (Wildman–Crippen LogP) is 1.50. The topological polar surface area (TPSA) is 104 Å². The Labute approximate surface area is 155 Å². The molecule has 3 heterocycles. The molecule has 8 nitrogen and oxygen atoms in total. The third-order valence-electron chi connectivity index (χ3n) is 4.77. The van der Waals surface area contributed by atoms with Crippen molar-refractivity contribution < 1.29 is 4.79 Å². The van der Waals surface area contributed by atoms with E-state index in [1.165, 1.54) is 12.3 Å². The number of nitrogens with one attached hydrogen (secondary N) is 2. The van der Waals surface area contributed by atoms with Crippen molar-refractivity contribution in [2.75, 3.05) is 18.0 Å². The third-order valence-corrected chi connectivity index (χ3v) is 4.77. The summed E-state index contributed by atoms with van der Waals surface area (Å²) >= 11 is 0. The third kappa shape index (κ3) is 3.79. The van der Waals surface area contributed by atoms with Gasteiger partial charge in [-0.3, -0.25) is 14.6 Å². The maximum atomic E-state index is 12.5. The van der Waals surface area contributed by atoms with Crippen molar-refractivity contribution in [1.29, 1.82) is 0 Å². The first kappa shape index (κ1) is 17.1. The molecule has 3 aromatic rings. The Morgan fingerprint density at radius 2 is 2.04 bits per heavy atom. The Balaban J connectivity index is 1.46. The van der Waals surface area contributed by atoms with Gasteiger partial charge in [0.1, 0.15) is 11.5 Å². The number of hydrogen-bond acceptors (Lipinski definition) is 6. The molecule has 2 aromatic heterocycles. The second-order valence-corrected chi connectivity index (χ2v) is 6.58. The number of rotatable bonds is 4. The molecule has 0 saturated carbocycles. The minimum absolute atomic E-state index is 0.120. The van der Waals surface area contributed by atoms with Crippen LogP contribution in [0, 0.1) is 0 Å². The van der Waals surface area contributed by atoms with Gasteiger partial charge in [0.05, 0.1) is 17.2 Å². The maximum Gasteiger partial charge on any atom is 0.271 e. The van der Waals surface area contributed by atoms with E-state index in [4.69, 9.17) is 0 Å². The van der Waals surface area contributed by atoms with Crippen LogP contribution in [0.5, 0.6) is 0 Å². The number of piperidine rings is 1. The molecule has 0 spiro atoms. The standard InChI is InChI=1S/C19H20N6O2/c26-18-9-8-17(23-24-18)25-10-4-3-5-13(25)11-21-19(27)16-12-20-14-6-1-2-7-15(14)22-16/h1-2,6-9,12-13H,3-5,10-11H2,(H,21,27)(H,24,26). The fraction of sp³-hybridized carbons (Fsp3) is 0.316. The normalized spacial score (nSPS) is 17.0. The van der Waals surface area contributed by atoms with Gasteiger partial charge in [-0.2, -0.15) is 5.10 Å². The van der Waals surface area contributed by atoms with Crippen molar-refractivity contribution in [2.45, 2.75) is 25.3 Å². The molecule has 1 amide bonds. The summed E-state index contributed by atoms with van der Waals surface area (Å²) in [5, 5.41) is 9.56. The van der Waals surface area contributed by atoms with Gasteiger partial charge < -0.3 is 10.2 Å². The molecule has 4 rings (SSSR count).